The van der Waals surface area contributed by atoms with E-state index in [-0.39, 0.29) is 12.1 Å². The van der Waals surface area contributed by atoms with Gasteiger partial charge in [0.25, 0.3) is 0 Å². The molecule has 1 aliphatic rings. The summed E-state index contributed by atoms with van der Waals surface area (Å²) in [7, 11) is 0. The molecule has 4 nitrogen and oxygen atoms in total. The molecule has 0 saturated carbocycles. The molecule has 21 heavy (non-hydrogen) atoms. The Morgan fingerprint density at radius 2 is 1.76 bits per heavy atom. The average molecular weight is 298 g/mol. The predicted octanol–water partition coefficient (Wildman–Crippen LogP) is 3.66. The third kappa shape index (κ3) is 6.68. The van der Waals surface area contributed by atoms with Crippen LogP contribution in [0, 0.1) is 11.8 Å². The van der Waals surface area contributed by atoms with Gasteiger partial charge in [-0.25, -0.2) is 4.79 Å². The zero-order valence-electron chi connectivity index (χ0n) is 14.9. The van der Waals surface area contributed by atoms with Crippen molar-refractivity contribution in [2.24, 2.45) is 11.8 Å². The van der Waals surface area contributed by atoms with Crippen LogP contribution in [0.25, 0.3) is 0 Å². The van der Waals surface area contributed by atoms with Crippen molar-refractivity contribution in [3.8, 4) is 0 Å². The van der Waals surface area contributed by atoms with Gasteiger partial charge < -0.3 is 15.0 Å². The minimum Gasteiger partial charge on any atom is -0.444 e. The van der Waals surface area contributed by atoms with Gasteiger partial charge in [-0.15, -0.1) is 0 Å². The SMILES string of the molecule is CC(C)C[C@H]1CN(C(=O)OC(C)(C)C)[C@@H](CC(C)C)CN1. The molecule has 0 bridgehead atoms. The molecular weight excluding hydrogens is 264 g/mol. The number of carbonyl (C=O) groups excluding carboxylic acids is 1. The lowest BCUT2D eigenvalue weighted by molar-refractivity contribution is 0.00397. The highest BCUT2D eigenvalue weighted by Gasteiger charge is 2.34. The number of rotatable bonds is 4. The second-order valence-corrected chi connectivity index (χ2v) is 8.15. The molecular formula is C17H34N2O2. The van der Waals surface area contributed by atoms with Gasteiger partial charge in [-0.1, -0.05) is 27.7 Å². The van der Waals surface area contributed by atoms with Crippen molar-refractivity contribution in [1.29, 1.82) is 0 Å². The van der Waals surface area contributed by atoms with Gasteiger partial charge in [0.1, 0.15) is 5.60 Å². The van der Waals surface area contributed by atoms with E-state index in [0.717, 1.165) is 25.9 Å². The standard InChI is InChI=1S/C17H34N2O2/c1-12(2)8-14-11-19(16(20)21-17(5,6)7)15(10-18-14)9-13(3)4/h12-15,18H,8-11H2,1-7H3/t14-,15-/m0/s1. The third-order valence-corrected chi connectivity index (χ3v) is 3.63. The molecule has 0 aromatic carbocycles. The Morgan fingerprint density at radius 3 is 2.24 bits per heavy atom. The van der Waals surface area contributed by atoms with Crippen LogP contribution in [0.5, 0.6) is 0 Å². The molecule has 0 radical (unpaired) electrons. The molecule has 1 aliphatic heterocycles. The first kappa shape index (κ1) is 18.3. The van der Waals surface area contributed by atoms with Crippen LogP contribution in [0.1, 0.15) is 61.3 Å². The number of amides is 1. The summed E-state index contributed by atoms with van der Waals surface area (Å²) in [5.41, 5.74) is -0.433. The summed E-state index contributed by atoms with van der Waals surface area (Å²) >= 11 is 0. The van der Waals surface area contributed by atoms with Gasteiger partial charge in [-0.3, -0.25) is 0 Å². The largest absolute Gasteiger partial charge is 0.444 e. The molecule has 2 atom stereocenters. The lowest BCUT2D eigenvalue weighted by Crippen LogP contribution is -2.59. The van der Waals surface area contributed by atoms with Crippen molar-refractivity contribution in [3.05, 3.63) is 0 Å². The Hall–Kier alpha value is -0.770. The number of piperazine rings is 1. The van der Waals surface area contributed by atoms with Crippen molar-refractivity contribution in [2.45, 2.75) is 79.0 Å². The average Bonchev–Trinajstić information content (AvgIpc) is 2.27. The number of hydrogen-bond acceptors (Lipinski definition) is 3. The van der Waals surface area contributed by atoms with Crippen molar-refractivity contribution >= 4 is 6.09 Å². The smallest absolute Gasteiger partial charge is 0.410 e. The Bertz CT molecular complexity index is 334. The number of carbonyl (C=O) groups is 1. The highest BCUT2D eigenvalue weighted by atomic mass is 16.6. The maximum absolute atomic E-state index is 12.5. The Labute approximate surface area is 130 Å². The van der Waals surface area contributed by atoms with Crippen molar-refractivity contribution in [1.82, 2.24) is 10.2 Å². The van der Waals surface area contributed by atoms with Gasteiger partial charge in [0, 0.05) is 25.2 Å². The van der Waals surface area contributed by atoms with E-state index in [4.69, 9.17) is 4.74 Å². The first-order valence-corrected chi connectivity index (χ1v) is 8.31. The van der Waals surface area contributed by atoms with Gasteiger partial charge in [0.2, 0.25) is 0 Å². The molecule has 1 saturated heterocycles. The molecule has 1 heterocycles. The molecule has 0 aromatic heterocycles. The van der Waals surface area contributed by atoms with E-state index >= 15 is 0 Å². The lowest BCUT2D eigenvalue weighted by Gasteiger charge is -2.42. The first-order valence-electron chi connectivity index (χ1n) is 8.31. The van der Waals surface area contributed by atoms with Crippen LogP contribution >= 0.6 is 0 Å². The van der Waals surface area contributed by atoms with Crippen molar-refractivity contribution in [2.75, 3.05) is 13.1 Å². The lowest BCUT2D eigenvalue weighted by atomic mass is 9.96. The van der Waals surface area contributed by atoms with E-state index in [2.05, 4.69) is 33.0 Å². The topological polar surface area (TPSA) is 41.6 Å². The molecule has 1 amide bonds. The quantitative estimate of drug-likeness (QED) is 0.861. The number of nitrogens with one attached hydrogen (secondary N) is 1. The number of hydrogen-bond donors (Lipinski definition) is 1. The fourth-order valence-corrected chi connectivity index (χ4v) is 2.89. The predicted molar refractivity (Wildman–Crippen MR) is 87.4 cm³/mol. The van der Waals surface area contributed by atoms with Crippen LogP contribution < -0.4 is 5.32 Å². The molecule has 0 aromatic rings. The Balaban J connectivity index is 2.75. The van der Waals surface area contributed by atoms with E-state index < -0.39 is 5.60 Å². The van der Waals surface area contributed by atoms with Gasteiger partial charge in [-0.05, 0) is 45.4 Å². The number of ether oxygens (including phenoxy) is 1. The minimum absolute atomic E-state index is 0.164. The normalized spacial score (nSPS) is 23.8. The fraction of sp³-hybridized carbons (Fsp3) is 0.941. The van der Waals surface area contributed by atoms with E-state index in [9.17, 15) is 4.79 Å². The molecule has 124 valence electrons. The van der Waals surface area contributed by atoms with Gasteiger partial charge >= 0.3 is 6.09 Å². The van der Waals surface area contributed by atoms with E-state index in [1.54, 1.807) is 0 Å². The molecule has 1 fully saturated rings. The van der Waals surface area contributed by atoms with Crippen LogP contribution in [0.3, 0.4) is 0 Å². The monoisotopic (exact) mass is 298 g/mol. The Morgan fingerprint density at radius 1 is 1.19 bits per heavy atom. The number of nitrogens with zero attached hydrogens (tertiary/aromatic N) is 1. The highest BCUT2D eigenvalue weighted by Crippen LogP contribution is 2.21. The van der Waals surface area contributed by atoms with Gasteiger partial charge in [0.05, 0.1) is 0 Å². The zero-order chi connectivity index (χ0) is 16.2. The van der Waals surface area contributed by atoms with Crippen LogP contribution in [0.4, 0.5) is 4.79 Å². The zero-order valence-corrected chi connectivity index (χ0v) is 14.9. The molecule has 0 spiro atoms. The summed E-state index contributed by atoms with van der Waals surface area (Å²) in [6, 6.07) is 0.615. The van der Waals surface area contributed by atoms with Crippen molar-refractivity contribution in [3.63, 3.8) is 0 Å². The minimum atomic E-state index is -0.433. The second kappa shape index (κ2) is 7.48. The van der Waals surface area contributed by atoms with Crippen LogP contribution in [0.2, 0.25) is 0 Å². The van der Waals surface area contributed by atoms with Gasteiger partial charge in [-0.2, -0.15) is 0 Å². The molecule has 1 N–H and O–H groups in total. The highest BCUT2D eigenvalue weighted by molar-refractivity contribution is 5.68. The molecule has 1 rings (SSSR count). The van der Waals surface area contributed by atoms with Gasteiger partial charge in [0.15, 0.2) is 0 Å². The third-order valence-electron chi connectivity index (χ3n) is 3.63. The summed E-state index contributed by atoms with van der Waals surface area (Å²) in [4.78, 5) is 14.5. The van der Waals surface area contributed by atoms with Crippen LogP contribution in [-0.2, 0) is 4.74 Å². The second-order valence-electron chi connectivity index (χ2n) is 8.15. The summed E-state index contributed by atoms with van der Waals surface area (Å²) in [5, 5.41) is 3.60. The van der Waals surface area contributed by atoms with E-state index in [1.165, 1.54) is 0 Å². The molecule has 4 heteroatoms. The van der Waals surface area contributed by atoms with E-state index in [0.29, 0.717) is 17.9 Å². The first-order chi connectivity index (χ1) is 9.58. The summed E-state index contributed by atoms with van der Waals surface area (Å²) in [6.07, 6.45) is 1.94. The molecule has 0 unspecified atom stereocenters. The van der Waals surface area contributed by atoms with E-state index in [1.807, 2.05) is 25.7 Å². The summed E-state index contributed by atoms with van der Waals surface area (Å²) in [5.74, 6) is 1.20. The fourth-order valence-electron chi connectivity index (χ4n) is 2.89. The summed E-state index contributed by atoms with van der Waals surface area (Å²) < 4.78 is 5.60. The van der Waals surface area contributed by atoms with Crippen LogP contribution in [0.15, 0.2) is 0 Å². The molecule has 0 aliphatic carbocycles. The Kier molecular flexibility index (Phi) is 6.51. The van der Waals surface area contributed by atoms with Crippen LogP contribution in [-0.4, -0.2) is 41.8 Å². The van der Waals surface area contributed by atoms with Crippen molar-refractivity contribution < 1.29 is 9.53 Å². The maximum atomic E-state index is 12.5. The maximum Gasteiger partial charge on any atom is 0.410 e. The summed E-state index contributed by atoms with van der Waals surface area (Å²) in [6.45, 7) is 16.3.